The number of aromatic nitrogens is 1. The lowest BCUT2D eigenvalue weighted by molar-refractivity contribution is -0.198. The summed E-state index contributed by atoms with van der Waals surface area (Å²) in [5, 5.41) is 2.51. The van der Waals surface area contributed by atoms with E-state index < -0.39 is 23.9 Å². The van der Waals surface area contributed by atoms with E-state index in [2.05, 4.69) is 10.3 Å². The molecule has 0 aliphatic heterocycles. The highest BCUT2D eigenvalue weighted by atomic mass is 19.4. The zero-order chi connectivity index (χ0) is 17.2. The first kappa shape index (κ1) is 17.6. The number of rotatable bonds is 3. The minimum absolute atomic E-state index is 0.00820. The predicted octanol–water partition coefficient (Wildman–Crippen LogP) is 2.98. The van der Waals surface area contributed by atoms with Gasteiger partial charge in [-0.15, -0.1) is 0 Å². The van der Waals surface area contributed by atoms with Gasteiger partial charge in [-0.3, -0.25) is 9.59 Å². The molecule has 1 amide bonds. The molecule has 128 valence electrons. The van der Waals surface area contributed by atoms with E-state index in [9.17, 15) is 22.8 Å². The van der Waals surface area contributed by atoms with Gasteiger partial charge in [-0.05, 0) is 38.3 Å². The Morgan fingerprint density at radius 1 is 1.30 bits per heavy atom. The van der Waals surface area contributed by atoms with Gasteiger partial charge in [0.15, 0.2) is 0 Å². The minimum atomic E-state index is -4.36. The second kappa shape index (κ2) is 6.76. The summed E-state index contributed by atoms with van der Waals surface area (Å²) in [5.41, 5.74) is 1.47. The summed E-state index contributed by atoms with van der Waals surface area (Å²) in [6, 6.07) is 1.77. The monoisotopic (exact) mass is 330 g/mol. The molecule has 1 aromatic rings. The standard InChI is InChI=1S/C16H21F3N2O2/c1-9-7-10(2)21-15(23)12(9)8-20-14(22)11-5-3-4-6-13(11)16(17,18)19/h7,11,13H,3-6,8H2,1-2H3,(H,20,22)(H,21,23). The van der Waals surface area contributed by atoms with Gasteiger partial charge in [0.25, 0.3) is 5.56 Å². The molecule has 0 aromatic carbocycles. The molecule has 0 bridgehead atoms. The quantitative estimate of drug-likeness (QED) is 0.895. The molecule has 0 spiro atoms. The molecular weight excluding hydrogens is 309 g/mol. The van der Waals surface area contributed by atoms with Crippen LogP contribution in [-0.2, 0) is 11.3 Å². The maximum atomic E-state index is 13.1. The topological polar surface area (TPSA) is 62.0 Å². The van der Waals surface area contributed by atoms with Crippen LogP contribution in [0.15, 0.2) is 10.9 Å². The molecule has 2 atom stereocenters. The van der Waals surface area contributed by atoms with Crippen molar-refractivity contribution < 1.29 is 18.0 Å². The molecule has 7 heteroatoms. The second-order valence-corrected chi connectivity index (χ2v) is 6.20. The Morgan fingerprint density at radius 3 is 2.57 bits per heavy atom. The summed E-state index contributed by atoms with van der Waals surface area (Å²) >= 11 is 0. The third-order valence-electron chi connectivity index (χ3n) is 4.46. The second-order valence-electron chi connectivity index (χ2n) is 6.20. The number of halogens is 3. The summed E-state index contributed by atoms with van der Waals surface area (Å²) in [7, 11) is 0. The number of aryl methyl sites for hydroxylation is 2. The van der Waals surface area contributed by atoms with Crippen LogP contribution in [0.1, 0.15) is 42.5 Å². The van der Waals surface area contributed by atoms with Crippen LogP contribution in [0.2, 0.25) is 0 Å². The summed E-state index contributed by atoms with van der Waals surface area (Å²) < 4.78 is 39.2. The molecule has 1 aromatic heterocycles. The maximum absolute atomic E-state index is 13.1. The highest BCUT2D eigenvalue weighted by molar-refractivity contribution is 5.79. The Balaban J connectivity index is 2.08. The van der Waals surface area contributed by atoms with Crippen molar-refractivity contribution in [1.82, 2.24) is 10.3 Å². The van der Waals surface area contributed by atoms with Gasteiger partial charge in [0.2, 0.25) is 5.91 Å². The van der Waals surface area contributed by atoms with Crippen molar-refractivity contribution in [2.24, 2.45) is 11.8 Å². The van der Waals surface area contributed by atoms with Crippen molar-refractivity contribution in [3.05, 3.63) is 33.2 Å². The number of hydrogen-bond donors (Lipinski definition) is 2. The molecule has 1 saturated carbocycles. The molecule has 4 nitrogen and oxygen atoms in total. The van der Waals surface area contributed by atoms with E-state index >= 15 is 0 Å². The lowest BCUT2D eigenvalue weighted by Crippen LogP contribution is -2.42. The number of carbonyl (C=O) groups excluding carboxylic acids is 1. The molecule has 0 saturated heterocycles. The average Bonchev–Trinajstić information content (AvgIpc) is 2.45. The number of amides is 1. The van der Waals surface area contributed by atoms with E-state index in [0.29, 0.717) is 29.7 Å². The van der Waals surface area contributed by atoms with Crippen LogP contribution in [0.25, 0.3) is 0 Å². The molecule has 1 heterocycles. The fourth-order valence-corrected chi connectivity index (χ4v) is 3.24. The smallest absolute Gasteiger partial charge is 0.352 e. The SMILES string of the molecule is Cc1cc(C)c(CNC(=O)C2CCCCC2C(F)(F)F)c(=O)[nH]1. The summed E-state index contributed by atoms with van der Waals surface area (Å²) in [6.45, 7) is 3.43. The molecule has 0 radical (unpaired) electrons. The van der Waals surface area contributed by atoms with Crippen molar-refractivity contribution in [2.45, 2.75) is 52.3 Å². The van der Waals surface area contributed by atoms with Crippen molar-refractivity contribution in [3.63, 3.8) is 0 Å². The van der Waals surface area contributed by atoms with Gasteiger partial charge in [0, 0.05) is 23.7 Å². The molecule has 2 rings (SSSR count). The Bertz CT molecular complexity index is 637. The van der Waals surface area contributed by atoms with Crippen molar-refractivity contribution in [1.29, 1.82) is 0 Å². The molecular formula is C16H21F3N2O2. The van der Waals surface area contributed by atoms with E-state index in [1.165, 1.54) is 0 Å². The normalized spacial score (nSPS) is 22.0. The Labute approximate surface area is 132 Å². The number of hydrogen-bond acceptors (Lipinski definition) is 2. The van der Waals surface area contributed by atoms with Gasteiger partial charge in [-0.1, -0.05) is 12.8 Å². The van der Waals surface area contributed by atoms with E-state index in [1.54, 1.807) is 19.9 Å². The zero-order valence-corrected chi connectivity index (χ0v) is 13.2. The largest absolute Gasteiger partial charge is 0.392 e. The van der Waals surface area contributed by atoms with Crippen LogP contribution in [0, 0.1) is 25.7 Å². The van der Waals surface area contributed by atoms with E-state index in [1.807, 2.05) is 0 Å². The third-order valence-corrected chi connectivity index (χ3v) is 4.46. The van der Waals surface area contributed by atoms with Gasteiger partial charge in [-0.25, -0.2) is 0 Å². The first-order valence-corrected chi connectivity index (χ1v) is 7.74. The number of alkyl halides is 3. The fraction of sp³-hybridized carbons (Fsp3) is 0.625. The van der Waals surface area contributed by atoms with Crippen molar-refractivity contribution >= 4 is 5.91 Å². The van der Waals surface area contributed by atoms with Gasteiger partial charge >= 0.3 is 6.18 Å². The van der Waals surface area contributed by atoms with Crippen molar-refractivity contribution in [3.8, 4) is 0 Å². The first-order valence-electron chi connectivity index (χ1n) is 7.74. The van der Waals surface area contributed by atoms with Gasteiger partial charge in [0.1, 0.15) is 0 Å². The van der Waals surface area contributed by atoms with Gasteiger partial charge < -0.3 is 10.3 Å². The van der Waals surface area contributed by atoms with Gasteiger partial charge in [0.05, 0.1) is 5.92 Å². The first-order chi connectivity index (χ1) is 10.7. The Kier molecular flexibility index (Phi) is 5.16. The Hall–Kier alpha value is -1.79. The number of carbonyl (C=O) groups is 1. The summed E-state index contributed by atoms with van der Waals surface area (Å²) in [5.74, 6) is -3.27. The van der Waals surface area contributed by atoms with Crippen LogP contribution in [0.4, 0.5) is 13.2 Å². The van der Waals surface area contributed by atoms with Crippen LogP contribution in [-0.4, -0.2) is 17.1 Å². The molecule has 1 aliphatic rings. The number of nitrogens with one attached hydrogen (secondary N) is 2. The fourth-order valence-electron chi connectivity index (χ4n) is 3.24. The minimum Gasteiger partial charge on any atom is -0.352 e. The molecule has 1 aliphatic carbocycles. The van der Waals surface area contributed by atoms with Crippen LogP contribution in [0.3, 0.4) is 0 Å². The zero-order valence-electron chi connectivity index (χ0n) is 13.2. The lowest BCUT2D eigenvalue weighted by Gasteiger charge is -2.32. The lowest BCUT2D eigenvalue weighted by atomic mass is 9.78. The molecule has 2 N–H and O–H groups in total. The number of pyridine rings is 1. The van der Waals surface area contributed by atoms with Crippen molar-refractivity contribution in [2.75, 3.05) is 0 Å². The Morgan fingerprint density at radius 2 is 1.96 bits per heavy atom. The maximum Gasteiger partial charge on any atom is 0.392 e. The van der Waals surface area contributed by atoms with E-state index in [-0.39, 0.29) is 24.9 Å². The van der Waals surface area contributed by atoms with Crippen LogP contribution < -0.4 is 10.9 Å². The third kappa shape index (κ3) is 4.14. The molecule has 23 heavy (non-hydrogen) atoms. The summed E-state index contributed by atoms with van der Waals surface area (Å²) in [6.07, 6.45) is -3.02. The highest BCUT2D eigenvalue weighted by Gasteiger charge is 2.47. The highest BCUT2D eigenvalue weighted by Crippen LogP contribution is 2.41. The van der Waals surface area contributed by atoms with Crippen LogP contribution in [0.5, 0.6) is 0 Å². The van der Waals surface area contributed by atoms with E-state index in [0.717, 1.165) is 0 Å². The number of aromatic amines is 1. The number of H-pyrrole nitrogens is 1. The van der Waals surface area contributed by atoms with E-state index in [4.69, 9.17) is 0 Å². The van der Waals surface area contributed by atoms with Gasteiger partial charge in [-0.2, -0.15) is 13.2 Å². The predicted molar refractivity (Wildman–Crippen MR) is 79.9 cm³/mol. The summed E-state index contributed by atoms with van der Waals surface area (Å²) in [4.78, 5) is 26.7. The molecule has 1 fully saturated rings. The van der Waals surface area contributed by atoms with Crippen LogP contribution >= 0.6 is 0 Å². The molecule has 2 unspecified atom stereocenters. The average molecular weight is 330 g/mol.